The molecule has 204 valence electrons. The number of nitrogens with zero attached hydrogens (tertiary/aromatic N) is 5. The molecule has 1 unspecified atom stereocenters. The van der Waals surface area contributed by atoms with E-state index in [0.717, 1.165) is 6.20 Å². The molecule has 4 heterocycles. The quantitative estimate of drug-likeness (QED) is 0.411. The number of ether oxygens (including phenoxy) is 1. The number of aliphatic hydroxyl groups is 1. The van der Waals surface area contributed by atoms with E-state index in [1.54, 1.807) is 41.5 Å². The second-order valence-electron chi connectivity index (χ2n) is 9.85. The Balaban J connectivity index is 1.32. The highest BCUT2D eigenvalue weighted by Crippen LogP contribution is 2.51. The predicted molar refractivity (Wildman–Crippen MR) is 133 cm³/mol. The standard InChI is InChI=1S/C27H26F3N5O4/c1-16-22(17-5-7-18(38-2)8-6-17)32-24-19(15-31-35(24)23(16)27(28,29)30)25(37)33-9-11-34(12-10-33)26(14-20(26)36)21-4-3-13-39-21/h3-8,13,15,20,36H,9-12,14H2,1-2H3/t20-,26?/m1/s1. The fraction of sp³-hybridized carbons (Fsp3) is 0.370. The lowest BCUT2D eigenvalue weighted by Crippen LogP contribution is -2.53. The van der Waals surface area contributed by atoms with Crippen LogP contribution >= 0.6 is 0 Å². The molecule has 12 heteroatoms. The maximum absolute atomic E-state index is 14.2. The van der Waals surface area contributed by atoms with Gasteiger partial charge in [0.05, 0.1) is 31.4 Å². The smallest absolute Gasteiger partial charge is 0.433 e. The fourth-order valence-corrected chi connectivity index (χ4v) is 5.59. The number of furan rings is 1. The second kappa shape index (κ2) is 9.09. The Morgan fingerprint density at radius 2 is 1.85 bits per heavy atom. The van der Waals surface area contributed by atoms with E-state index in [9.17, 15) is 23.1 Å². The lowest BCUT2D eigenvalue weighted by molar-refractivity contribution is -0.143. The summed E-state index contributed by atoms with van der Waals surface area (Å²) in [5.41, 5.74) is -1.27. The highest BCUT2D eigenvalue weighted by molar-refractivity contribution is 6.00. The summed E-state index contributed by atoms with van der Waals surface area (Å²) in [6.07, 6.45) is -2.03. The van der Waals surface area contributed by atoms with Crippen LogP contribution in [-0.4, -0.2) is 74.8 Å². The number of halogens is 3. The summed E-state index contributed by atoms with van der Waals surface area (Å²) in [6.45, 7) is 2.95. The molecule has 0 bridgehead atoms. The van der Waals surface area contributed by atoms with Gasteiger partial charge < -0.3 is 19.2 Å². The van der Waals surface area contributed by atoms with Crippen molar-refractivity contribution in [2.45, 2.75) is 31.2 Å². The van der Waals surface area contributed by atoms with Gasteiger partial charge in [-0.25, -0.2) is 9.50 Å². The topological polar surface area (TPSA) is 96.3 Å². The van der Waals surface area contributed by atoms with E-state index < -0.39 is 29.4 Å². The maximum Gasteiger partial charge on any atom is 0.433 e. The van der Waals surface area contributed by atoms with Gasteiger partial charge in [-0.2, -0.15) is 18.3 Å². The van der Waals surface area contributed by atoms with Gasteiger partial charge in [0.1, 0.15) is 22.6 Å². The number of benzene rings is 1. The number of hydrogen-bond acceptors (Lipinski definition) is 7. The second-order valence-corrected chi connectivity index (χ2v) is 9.85. The minimum atomic E-state index is -4.73. The largest absolute Gasteiger partial charge is 0.497 e. The van der Waals surface area contributed by atoms with Crippen molar-refractivity contribution in [1.82, 2.24) is 24.4 Å². The number of aliphatic hydroxyl groups excluding tert-OH is 1. The van der Waals surface area contributed by atoms with Crippen molar-refractivity contribution in [3.05, 3.63) is 71.4 Å². The van der Waals surface area contributed by atoms with Gasteiger partial charge >= 0.3 is 6.18 Å². The zero-order chi connectivity index (χ0) is 27.5. The molecule has 39 heavy (non-hydrogen) atoms. The van der Waals surface area contributed by atoms with E-state index in [-0.39, 0.29) is 22.5 Å². The average molecular weight is 542 g/mol. The van der Waals surface area contributed by atoms with Crippen LogP contribution in [0, 0.1) is 6.92 Å². The highest BCUT2D eigenvalue weighted by Gasteiger charge is 2.61. The monoisotopic (exact) mass is 541 g/mol. The van der Waals surface area contributed by atoms with Crippen molar-refractivity contribution in [2.75, 3.05) is 33.3 Å². The Morgan fingerprint density at radius 1 is 1.15 bits per heavy atom. The van der Waals surface area contributed by atoms with E-state index in [1.165, 1.54) is 14.0 Å². The molecule has 1 aliphatic carbocycles. The number of hydrogen-bond donors (Lipinski definition) is 1. The Hall–Kier alpha value is -3.90. The lowest BCUT2D eigenvalue weighted by atomic mass is 10.0. The molecule has 1 aliphatic heterocycles. The Kier molecular flexibility index (Phi) is 5.92. The molecule has 1 amide bonds. The van der Waals surface area contributed by atoms with Gasteiger partial charge in [-0.15, -0.1) is 0 Å². The van der Waals surface area contributed by atoms with Crippen LogP contribution < -0.4 is 4.74 Å². The van der Waals surface area contributed by atoms with Crippen molar-refractivity contribution < 1.29 is 32.2 Å². The number of methoxy groups -OCH3 is 1. The molecule has 9 nitrogen and oxygen atoms in total. The minimum Gasteiger partial charge on any atom is -0.497 e. The third-order valence-electron chi connectivity index (χ3n) is 7.72. The average Bonchev–Trinajstić information content (AvgIpc) is 3.28. The first-order valence-electron chi connectivity index (χ1n) is 12.5. The zero-order valence-corrected chi connectivity index (χ0v) is 21.3. The summed E-state index contributed by atoms with van der Waals surface area (Å²) in [5, 5.41) is 14.4. The third-order valence-corrected chi connectivity index (χ3v) is 7.72. The van der Waals surface area contributed by atoms with Crippen molar-refractivity contribution in [3.8, 4) is 17.0 Å². The van der Waals surface area contributed by atoms with Gasteiger partial charge in [0, 0.05) is 43.7 Å². The molecular formula is C27H26F3N5O4. The van der Waals surface area contributed by atoms with Crippen molar-refractivity contribution >= 4 is 11.6 Å². The van der Waals surface area contributed by atoms with Gasteiger partial charge in [-0.1, -0.05) is 0 Å². The first-order valence-corrected chi connectivity index (χ1v) is 12.5. The molecule has 2 atom stereocenters. The molecule has 6 rings (SSSR count). The van der Waals surface area contributed by atoms with Crippen LogP contribution in [0.5, 0.6) is 5.75 Å². The van der Waals surface area contributed by atoms with Crippen LogP contribution in [0.15, 0.2) is 53.3 Å². The lowest BCUT2D eigenvalue weighted by Gasteiger charge is -2.39. The van der Waals surface area contributed by atoms with Gasteiger partial charge in [0.25, 0.3) is 5.91 Å². The predicted octanol–water partition coefficient (Wildman–Crippen LogP) is 3.74. The SMILES string of the molecule is COc1ccc(-c2nc3c(C(=O)N4CCN(C5(c6ccco6)C[C@H]5O)CC4)cnn3c(C(F)(F)F)c2C)cc1. The molecule has 0 radical (unpaired) electrons. The molecule has 1 aromatic carbocycles. The van der Waals surface area contributed by atoms with E-state index in [0.29, 0.717) is 54.2 Å². The molecule has 2 aliphatic rings. The molecule has 0 spiro atoms. The number of carbonyl (C=O) groups is 1. The van der Waals surface area contributed by atoms with Crippen LogP contribution in [0.3, 0.4) is 0 Å². The molecular weight excluding hydrogens is 515 g/mol. The number of carbonyl (C=O) groups excluding carboxylic acids is 1. The molecule has 1 saturated carbocycles. The van der Waals surface area contributed by atoms with Crippen LogP contribution in [0.4, 0.5) is 13.2 Å². The summed E-state index contributed by atoms with van der Waals surface area (Å²) in [7, 11) is 1.50. The molecule has 3 aromatic heterocycles. The van der Waals surface area contributed by atoms with Crippen LogP contribution in [0.25, 0.3) is 16.9 Å². The molecule has 1 N–H and O–H groups in total. The number of aromatic nitrogens is 3. The van der Waals surface area contributed by atoms with Gasteiger partial charge in [-0.05, 0) is 43.3 Å². The van der Waals surface area contributed by atoms with Crippen molar-refractivity contribution in [3.63, 3.8) is 0 Å². The Morgan fingerprint density at radius 3 is 2.41 bits per heavy atom. The number of piperazine rings is 1. The van der Waals surface area contributed by atoms with Crippen LogP contribution in [0.1, 0.15) is 33.8 Å². The fourth-order valence-electron chi connectivity index (χ4n) is 5.59. The van der Waals surface area contributed by atoms with Crippen LogP contribution in [-0.2, 0) is 11.7 Å². The molecule has 2 fully saturated rings. The van der Waals surface area contributed by atoms with Crippen molar-refractivity contribution in [1.29, 1.82) is 0 Å². The minimum absolute atomic E-state index is 0.00378. The van der Waals surface area contributed by atoms with E-state index >= 15 is 0 Å². The van der Waals surface area contributed by atoms with Gasteiger partial charge in [0.15, 0.2) is 11.3 Å². The molecule has 4 aromatic rings. The van der Waals surface area contributed by atoms with E-state index in [4.69, 9.17) is 9.15 Å². The maximum atomic E-state index is 14.2. The summed E-state index contributed by atoms with van der Waals surface area (Å²) in [6, 6.07) is 10.1. The van der Waals surface area contributed by atoms with Gasteiger partial charge in [0.2, 0.25) is 0 Å². The number of rotatable bonds is 5. The number of amides is 1. The third kappa shape index (κ3) is 4.05. The highest BCUT2D eigenvalue weighted by atomic mass is 19.4. The summed E-state index contributed by atoms with van der Waals surface area (Å²) in [5.74, 6) is 0.793. The summed E-state index contributed by atoms with van der Waals surface area (Å²) in [4.78, 5) is 21.8. The van der Waals surface area contributed by atoms with E-state index in [2.05, 4.69) is 15.0 Å². The summed E-state index contributed by atoms with van der Waals surface area (Å²) >= 11 is 0. The number of alkyl halides is 3. The zero-order valence-electron chi connectivity index (χ0n) is 21.3. The Bertz CT molecular complexity index is 1530. The first kappa shape index (κ1) is 25.4. The summed E-state index contributed by atoms with van der Waals surface area (Å²) < 4.78 is 54.1. The number of fused-ring (bicyclic) bond motifs is 1. The van der Waals surface area contributed by atoms with Crippen LogP contribution in [0.2, 0.25) is 0 Å². The van der Waals surface area contributed by atoms with Crippen molar-refractivity contribution in [2.24, 2.45) is 0 Å². The Labute approximate surface area is 221 Å². The van der Waals surface area contributed by atoms with E-state index in [1.807, 2.05) is 6.07 Å². The van der Waals surface area contributed by atoms with Gasteiger partial charge in [-0.3, -0.25) is 9.69 Å². The first-order chi connectivity index (χ1) is 18.6. The molecule has 1 saturated heterocycles. The normalized spacial score (nSPS) is 21.9.